The monoisotopic (exact) mass is 400 g/mol. The lowest BCUT2D eigenvalue weighted by molar-refractivity contribution is 0.102. The Hall–Kier alpha value is -1.91. The summed E-state index contributed by atoms with van der Waals surface area (Å²) in [6.45, 7) is 9.19. The van der Waals surface area contributed by atoms with Crippen LogP contribution in [-0.2, 0) is 15.4 Å². The van der Waals surface area contributed by atoms with Gasteiger partial charge in [-0.15, -0.1) is 10.2 Å². The highest BCUT2D eigenvalue weighted by atomic mass is 32.2. The minimum absolute atomic E-state index is 0.189. The van der Waals surface area contributed by atoms with Crippen LogP contribution < -0.4 is 10.0 Å². The average Bonchev–Trinajstić information content (AvgIpc) is 2.94. The number of amides is 1. The van der Waals surface area contributed by atoms with Crippen molar-refractivity contribution in [2.75, 3.05) is 5.32 Å². The number of carbonyl (C=O) groups excluding carboxylic acids is 1. The number of anilines is 1. The summed E-state index contributed by atoms with van der Waals surface area (Å²) in [6, 6.07) is 2.73. The number of benzene rings is 1. The van der Waals surface area contributed by atoms with Gasteiger partial charge in [-0.2, -0.15) is 0 Å². The lowest BCUT2D eigenvalue weighted by Crippen LogP contribution is -2.30. The molecular weight excluding hydrogens is 379 g/mol. The van der Waals surface area contributed by atoms with E-state index < -0.39 is 21.7 Å². The number of halogens is 1. The number of nitrogens with one attached hydrogen (secondary N) is 2. The van der Waals surface area contributed by atoms with Crippen LogP contribution in [0.15, 0.2) is 23.1 Å². The van der Waals surface area contributed by atoms with Gasteiger partial charge in [0.05, 0.1) is 10.5 Å². The third-order valence-electron chi connectivity index (χ3n) is 3.17. The second-order valence-electron chi connectivity index (χ2n) is 7.03. The van der Waals surface area contributed by atoms with Crippen LogP contribution in [0.4, 0.5) is 9.52 Å². The van der Waals surface area contributed by atoms with Gasteiger partial charge in [0.15, 0.2) is 0 Å². The molecular formula is C16H21FN4O3S2. The van der Waals surface area contributed by atoms with Gasteiger partial charge in [0.2, 0.25) is 15.2 Å². The van der Waals surface area contributed by atoms with Crippen LogP contribution in [0.3, 0.4) is 0 Å². The molecule has 0 aliphatic rings. The minimum atomic E-state index is -3.84. The number of hydrogen-bond donors (Lipinski definition) is 2. The number of sulfonamides is 1. The van der Waals surface area contributed by atoms with Crippen molar-refractivity contribution in [1.82, 2.24) is 14.9 Å². The summed E-state index contributed by atoms with van der Waals surface area (Å²) in [5.74, 6) is -1.62. The molecule has 1 heterocycles. The topological polar surface area (TPSA) is 101 Å². The number of rotatable bonds is 5. The Morgan fingerprint density at radius 1 is 1.23 bits per heavy atom. The van der Waals surface area contributed by atoms with Crippen LogP contribution in [0.2, 0.25) is 0 Å². The van der Waals surface area contributed by atoms with Gasteiger partial charge < -0.3 is 0 Å². The summed E-state index contributed by atoms with van der Waals surface area (Å²) in [4.78, 5) is 12.2. The second kappa shape index (κ2) is 7.37. The fraction of sp³-hybridized carbons (Fsp3) is 0.438. The third-order valence-corrected chi connectivity index (χ3v) is 6.09. The quantitative estimate of drug-likeness (QED) is 0.804. The van der Waals surface area contributed by atoms with E-state index in [2.05, 4.69) is 20.2 Å². The molecule has 7 nitrogen and oxygen atoms in total. The Labute approximate surface area is 156 Å². The molecule has 142 valence electrons. The Kier molecular flexibility index (Phi) is 5.79. The van der Waals surface area contributed by atoms with Gasteiger partial charge in [-0.1, -0.05) is 32.1 Å². The van der Waals surface area contributed by atoms with Crippen molar-refractivity contribution in [1.29, 1.82) is 0 Å². The van der Waals surface area contributed by atoms with Gasteiger partial charge in [0.1, 0.15) is 10.8 Å². The highest BCUT2D eigenvalue weighted by molar-refractivity contribution is 7.89. The van der Waals surface area contributed by atoms with Crippen LogP contribution in [0.1, 0.15) is 50.0 Å². The summed E-state index contributed by atoms with van der Waals surface area (Å²) < 4.78 is 40.9. The smallest absolute Gasteiger partial charge is 0.260 e. The van der Waals surface area contributed by atoms with Crippen molar-refractivity contribution >= 4 is 32.4 Å². The molecule has 0 aliphatic heterocycles. The first-order chi connectivity index (χ1) is 11.9. The molecule has 0 fully saturated rings. The predicted molar refractivity (Wildman–Crippen MR) is 98.4 cm³/mol. The van der Waals surface area contributed by atoms with Crippen LogP contribution in [0.5, 0.6) is 0 Å². The molecule has 1 aromatic carbocycles. The molecule has 1 aromatic heterocycles. The molecule has 0 radical (unpaired) electrons. The Balaban J connectivity index is 2.29. The van der Waals surface area contributed by atoms with Crippen molar-refractivity contribution in [2.24, 2.45) is 0 Å². The van der Waals surface area contributed by atoms with E-state index in [1.165, 1.54) is 11.3 Å². The van der Waals surface area contributed by atoms with Crippen LogP contribution in [0.25, 0.3) is 0 Å². The number of aromatic nitrogens is 2. The van der Waals surface area contributed by atoms with Gasteiger partial charge in [0, 0.05) is 11.5 Å². The van der Waals surface area contributed by atoms with Crippen LogP contribution in [0, 0.1) is 5.82 Å². The minimum Gasteiger partial charge on any atom is -0.296 e. The maximum Gasteiger partial charge on any atom is 0.260 e. The summed E-state index contributed by atoms with van der Waals surface area (Å²) >= 11 is 1.18. The maximum absolute atomic E-state index is 14.1. The first-order valence-corrected chi connectivity index (χ1v) is 10.2. The normalized spacial score (nSPS) is 12.4. The van der Waals surface area contributed by atoms with Gasteiger partial charge in [0.25, 0.3) is 5.91 Å². The van der Waals surface area contributed by atoms with E-state index in [4.69, 9.17) is 0 Å². The van der Waals surface area contributed by atoms with Gasteiger partial charge >= 0.3 is 0 Å². The second-order valence-corrected chi connectivity index (χ2v) is 9.73. The van der Waals surface area contributed by atoms with E-state index in [-0.39, 0.29) is 27.0 Å². The van der Waals surface area contributed by atoms with E-state index >= 15 is 0 Å². The van der Waals surface area contributed by atoms with Crippen molar-refractivity contribution in [2.45, 2.75) is 51.0 Å². The number of nitrogens with zero attached hydrogens (tertiary/aromatic N) is 2. The zero-order chi connectivity index (χ0) is 19.7. The Bertz CT molecular complexity index is 918. The van der Waals surface area contributed by atoms with Crippen molar-refractivity contribution in [3.05, 3.63) is 34.6 Å². The molecule has 0 aliphatic carbocycles. The fourth-order valence-electron chi connectivity index (χ4n) is 1.97. The summed E-state index contributed by atoms with van der Waals surface area (Å²) in [5, 5.41) is 11.3. The maximum atomic E-state index is 14.1. The van der Waals surface area contributed by atoms with E-state index in [1.54, 1.807) is 13.8 Å². The summed E-state index contributed by atoms with van der Waals surface area (Å²) in [5.41, 5.74) is -0.619. The molecule has 0 saturated carbocycles. The standard InChI is InChI=1S/C16H21FN4O3S2/c1-9(2)21-26(23,24)10-6-7-12(17)11(8-10)13(22)18-15-20-19-14(25-15)16(3,4)5/h6-9,21H,1-5H3,(H,18,20,22). The lowest BCUT2D eigenvalue weighted by Gasteiger charge is -2.12. The highest BCUT2D eigenvalue weighted by Gasteiger charge is 2.23. The fourth-order valence-corrected chi connectivity index (χ4v) is 4.04. The summed E-state index contributed by atoms with van der Waals surface area (Å²) in [7, 11) is -3.84. The molecule has 26 heavy (non-hydrogen) atoms. The van der Waals surface area contributed by atoms with E-state index in [9.17, 15) is 17.6 Å². The SMILES string of the molecule is CC(C)NS(=O)(=O)c1ccc(F)c(C(=O)Nc2nnc(C(C)(C)C)s2)c1. The van der Waals surface area contributed by atoms with Gasteiger partial charge in [-0.25, -0.2) is 17.5 Å². The summed E-state index contributed by atoms with van der Waals surface area (Å²) in [6.07, 6.45) is 0. The highest BCUT2D eigenvalue weighted by Crippen LogP contribution is 2.28. The first-order valence-electron chi connectivity index (χ1n) is 7.87. The van der Waals surface area contributed by atoms with Gasteiger partial charge in [-0.3, -0.25) is 10.1 Å². The van der Waals surface area contributed by atoms with Gasteiger partial charge in [-0.05, 0) is 32.0 Å². The molecule has 0 saturated heterocycles. The van der Waals surface area contributed by atoms with Crippen molar-refractivity contribution in [3.63, 3.8) is 0 Å². The average molecular weight is 401 g/mol. The largest absolute Gasteiger partial charge is 0.296 e. The molecule has 0 spiro atoms. The lowest BCUT2D eigenvalue weighted by atomic mass is 9.98. The molecule has 0 bridgehead atoms. The molecule has 0 atom stereocenters. The molecule has 2 aromatic rings. The molecule has 0 unspecified atom stereocenters. The number of hydrogen-bond acceptors (Lipinski definition) is 6. The molecule has 2 N–H and O–H groups in total. The Morgan fingerprint density at radius 3 is 2.42 bits per heavy atom. The predicted octanol–water partition coefficient (Wildman–Crippen LogP) is 2.91. The number of carbonyl (C=O) groups is 1. The first kappa shape index (κ1) is 20.4. The molecule has 1 amide bonds. The molecule has 10 heteroatoms. The Morgan fingerprint density at radius 2 is 1.88 bits per heavy atom. The van der Waals surface area contributed by atoms with E-state index in [1.807, 2.05) is 20.8 Å². The zero-order valence-electron chi connectivity index (χ0n) is 15.1. The van der Waals surface area contributed by atoms with E-state index in [0.717, 1.165) is 18.2 Å². The van der Waals surface area contributed by atoms with Crippen LogP contribution in [-0.4, -0.2) is 30.6 Å². The van der Waals surface area contributed by atoms with Crippen LogP contribution >= 0.6 is 11.3 Å². The van der Waals surface area contributed by atoms with E-state index in [0.29, 0.717) is 5.01 Å². The van der Waals surface area contributed by atoms with Crippen molar-refractivity contribution < 1.29 is 17.6 Å². The third kappa shape index (κ3) is 4.83. The van der Waals surface area contributed by atoms with Crippen molar-refractivity contribution in [3.8, 4) is 0 Å². The molecule has 2 rings (SSSR count). The zero-order valence-corrected chi connectivity index (χ0v) is 16.8.